The normalized spacial score (nSPS) is 19.5. The molecule has 33 heavy (non-hydrogen) atoms. The fraction of sp³-hybridized carbons (Fsp3) is 0.458. The Bertz CT molecular complexity index is 1070. The number of carbonyl (C=O) groups is 1. The summed E-state index contributed by atoms with van der Waals surface area (Å²) in [5.74, 6) is 0.235. The van der Waals surface area contributed by atoms with E-state index in [1.165, 1.54) is 15.9 Å². The molecule has 2 saturated heterocycles. The lowest BCUT2D eigenvalue weighted by molar-refractivity contribution is -0.138. The van der Waals surface area contributed by atoms with Gasteiger partial charge in [0, 0.05) is 32.1 Å². The van der Waals surface area contributed by atoms with Crippen LogP contribution in [0.15, 0.2) is 59.5 Å². The molecular weight excluding hydrogens is 453 g/mol. The zero-order valence-electron chi connectivity index (χ0n) is 18.2. The summed E-state index contributed by atoms with van der Waals surface area (Å²) in [6.45, 7) is 1.60. The van der Waals surface area contributed by atoms with E-state index in [9.17, 15) is 26.4 Å². The first-order chi connectivity index (χ1) is 15.7. The lowest BCUT2D eigenvalue weighted by Crippen LogP contribution is -2.46. The van der Waals surface area contributed by atoms with Crippen molar-refractivity contribution in [2.75, 3.05) is 26.2 Å². The van der Waals surface area contributed by atoms with Crippen LogP contribution in [0.4, 0.5) is 13.2 Å². The zero-order chi connectivity index (χ0) is 23.6. The molecule has 0 N–H and O–H groups in total. The minimum absolute atomic E-state index is 0.0534. The van der Waals surface area contributed by atoms with Crippen molar-refractivity contribution in [3.05, 3.63) is 65.7 Å². The lowest BCUT2D eigenvalue weighted by Gasteiger charge is -2.37. The number of sulfonamides is 1. The highest BCUT2D eigenvalue weighted by Crippen LogP contribution is 2.33. The van der Waals surface area contributed by atoms with Gasteiger partial charge in [0.25, 0.3) is 0 Å². The van der Waals surface area contributed by atoms with E-state index in [-0.39, 0.29) is 29.8 Å². The van der Waals surface area contributed by atoms with Gasteiger partial charge in [-0.15, -0.1) is 0 Å². The van der Waals surface area contributed by atoms with Gasteiger partial charge in [0.2, 0.25) is 15.9 Å². The van der Waals surface area contributed by atoms with Gasteiger partial charge in [-0.1, -0.05) is 36.4 Å². The minimum Gasteiger partial charge on any atom is -0.342 e. The second-order valence-corrected chi connectivity index (χ2v) is 10.7. The van der Waals surface area contributed by atoms with E-state index in [2.05, 4.69) is 12.1 Å². The topological polar surface area (TPSA) is 57.7 Å². The summed E-state index contributed by atoms with van der Waals surface area (Å²) in [6.07, 6.45) is -2.07. The van der Waals surface area contributed by atoms with Gasteiger partial charge in [0.15, 0.2) is 0 Å². The van der Waals surface area contributed by atoms with Crippen molar-refractivity contribution in [3.8, 4) is 0 Å². The second kappa shape index (κ2) is 9.46. The van der Waals surface area contributed by atoms with Crippen molar-refractivity contribution >= 4 is 15.9 Å². The fourth-order valence-electron chi connectivity index (χ4n) is 4.74. The molecule has 0 aliphatic carbocycles. The molecule has 0 bridgehead atoms. The van der Waals surface area contributed by atoms with Gasteiger partial charge in [-0.3, -0.25) is 4.79 Å². The Morgan fingerprint density at radius 2 is 1.48 bits per heavy atom. The van der Waals surface area contributed by atoms with Crippen LogP contribution in [0, 0.1) is 5.92 Å². The Balaban J connectivity index is 1.34. The van der Waals surface area contributed by atoms with Crippen molar-refractivity contribution in [1.29, 1.82) is 0 Å². The van der Waals surface area contributed by atoms with Gasteiger partial charge in [0.1, 0.15) is 0 Å². The van der Waals surface area contributed by atoms with E-state index in [0.717, 1.165) is 25.0 Å². The van der Waals surface area contributed by atoms with Crippen LogP contribution in [-0.2, 0) is 21.0 Å². The molecule has 2 aromatic rings. The molecule has 0 spiro atoms. The van der Waals surface area contributed by atoms with Crippen LogP contribution in [-0.4, -0.2) is 49.7 Å². The third kappa shape index (κ3) is 5.24. The first kappa shape index (κ1) is 23.8. The average Bonchev–Trinajstić information content (AvgIpc) is 2.84. The number of hydrogen-bond acceptors (Lipinski definition) is 3. The molecule has 4 rings (SSSR count). The molecule has 0 radical (unpaired) electrons. The largest absolute Gasteiger partial charge is 0.416 e. The minimum atomic E-state index is -4.61. The summed E-state index contributed by atoms with van der Waals surface area (Å²) in [5.41, 5.74) is 0.297. The van der Waals surface area contributed by atoms with E-state index < -0.39 is 21.8 Å². The molecule has 2 aliphatic heterocycles. The maximum Gasteiger partial charge on any atom is 0.416 e. The molecule has 1 amide bonds. The van der Waals surface area contributed by atoms with Crippen molar-refractivity contribution in [2.24, 2.45) is 5.92 Å². The summed E-state index contributed by atoms with van der Waals surface area (Å²) < 4.78 is 65.9. The Kier molecular flexibility index (Phi) is 6.81. The zero-order valence-corrected chi connectivity index (χ0v) is 19.0. The molecule has 0 aromatic heterocycles. The number of hydrogen-bond donors (Lipinski definition) is 0. The molecule has 2 heterocycles. The van der Waals surface area contributed by atoms with E-state index in [4.69, 9.17) is 0 Å². The standard InChI is InChI=1S/C24H27F3N2O3S/c25-24(26,27)21-7-4-8-22(17-21)33(31,32)29-15-11-20(12-16-29)23(30)28-13-9-19(10-14-28)18-5-2-1-3-6-18/h1-8,17,19-20H,9-16H2. The Labute approximate surface area is 192 Å². The monoisotopic (exact) mass is 480 g/mol. The van der Waals surface area contributed by atoms with Crippen molar-refractivity contribution in [1.82, 2.24) is 9.21 Å². The van der Waals surface area contributed by atoms with Gasteiger partial charge >= 0.3 is 6.18 Å². The predicted molar refractivity (Wildman–Crippen MR) is 118 cm³/mol. The highest BCUT2D eigenvalue weighted by Gasteiger charge is 2.36. The van der Waals surface area contributed by atoms with Gasteiger partial charge in [-0.05, 0) is 55.4 Å². The van der Waals surface area contributed by atoms with Crippen LogP contribution in [0.25, 0.3) is 0 Å². The predicted octanol–water partition coefficient (Wildman–Crippen LogP) is 4.51. The number of rotatable bonds is 4. The molecule has 0 saturated carbocycles. The summed E-state index contributed by atoms with van der Waals surface area (Å²) in [7, 11) is -4.05. The summed E-state index contributed by atoms with van der Waals surface area (Å²) in [5, 5.41) is 0. The van der Waals surface area contributed by atoms with Crippen LogP contribution in [0.2, 0.25) is 0 Å². The Hall–Kier alpha value is -2.39. The summed E-state index contributed by atoms with van der Waals surface area (Å²) >= 11 is 0. The number of nitrogens with zero attached hydrogens (tertiary/aromatic N) is 2. The highest BCUT2D eigenvalue weighted by atomic mass is 32.2. The number of benzene rings is 2. The quantitative estimate of drug-likeness (QED) is 0.647. The molecule has 2 fully saturated rings. The Morgan fingerprint density at radius 1 is 0.848 bits per heavy atom. The van der Waals surface area contributed by atoms with Gasteiger partial charge < -0.3 is 4.90 Å². The maximum atomic E-state index is 13.0. The first-order valence-electron chi connectivity index (χ1n) is 11.2. The molecule has 0 atom stereocenters. The SMILES string of the molecule is O=C(C1CCN(S(=O)(=O)c2cccc(C(F)(F)F)c2)CC1)N1CCC(c2ccccc2)CC1. The summed E-state index contributed by atoms with van der Waals surface area (Å²) in [6, 6.07) is 14.1. The number of carbonyl (C=O) groups excluding carboxylic acids is 1. The van der Waals surface area contributed by atoms with Crippen molar-refractivity contribution < 1.29 is 26.4 Å². The number of likely N-dealkylation sites (tertiary alicyclic amines) is 1. The van der Waals surface area contributed by atoms with Crippen LogP contribution in [0.3, 0.4) is 0 Å². The molecule has 178 valence electrons. The second-order valence-electron chi connectivity index (χ2n) is 8.71. The lowest BCUT2D eigenvalue weighted by atomic mass is 9.88. The highest BCUT2D eigenvalue weighted by molar-refractivity contribution is 7.89. The van der Waals surface area contributed by atoms with Gasteiger partial charge in [-0.2, -0.15) is 17.5 Å². The van der Waals surface area contributed by atoms with Gasteiger partial charge in [0.05, 0.1) is 10.5 Å². The van der Waals surface area contributed by atoms with Crippen molar-refractivity contribution in [3.63, 3.8) is 0 Å². The average molecular weight is 481 g/mol. The van der Waals surface area contributed by atoms with E-state index in [0.29, 0.717) is 37.9 Å². The number of piperidine rings is 2. The fourth-order valence-corrected chi connectivity index (χ4v) is 6.26. The van der Waals surface area contributed by atoms with E-state index in [1.807, 2.05) is 23.1 Å². The Morgan fingerprint density at radius 3 is 2.09 bits per heavy atom. The van der Waals surface area contributed by atoms with Crippen LogP contribution >= 0.6 is 0 Å². The van der Waals surface area contributed by atoms with E-state index in [1.54, 1.807) is 0 Å². The van der Waals surface area contributed by atoms with E-state index >= 15 is 0 Å². The first-order valence-corrected chi connectivity index (χ1v) is 12.6. The number of amides is 1. The summed E-state index contributed by atoms with van der Waals surface area (Å²) in [4.78, 5) is 14.5. The van der Waals surface area contributed by atoms with Crippen molar-refractivity contribution in [2.45, 2.75) is 42.7 Å². The molecule has 9 heteroatoms. The smallest absolute Gasteiger partial charge is 0.342 e. The molecular formula is C24H27F3N2O3S. The molecule has 5 nitrogen and oxygen atoms in total. The molecule has 0 unspecified atom stereocenters. The third-order valence-corrected chi connectivity index (χ3v) is 8.57. The van der Waals surface area contributed by atoms with Crippen LogP contribution < -0.4 is 0 Å². The third-order valence-electron chi connectivity index (χ3n) is 6.68. The van der Waals surface area contributed by atoms with Crippen LogP contribution in [0.1, 0.15) is 42.7 Å². The molecule has 2 aromatic carbocycles. The van der Waals surface area contributed by atoms with Gasteiger partial charge in [-0.25, -0.2) is 8.42 Å². The number of halogens is 3. The van der Waals surface area contributed by atoms with Crippen LogP contribution in [0.5, 0.6) is 0 Å². The molecule has 2 aliphatic rings. The number of alkyl halides is 3. The maximum absolute atomic E-state index is 13.0.